The van der Waals surface area contributed by atoms with E-state index in [2.05, 4.69) is 15.8 Å². The van der Waals surface area contributed by atoms with Gasteiger partial charge in [-0.05, 0) is 49.2 Å². The van der Waals surface area contributed by atoms with Crippen molar-refractivity contribution in [3.63, 3.8) is 0 Å². The highest BCUT2D eigenvalue weighted by atomic mass is 32.1. The Balaban J connectivity index is 1.56. The molecule has 0 spiro atoms. The maximum atomic E-state index is 13.1. The zero-order valence-electron chi connectivity index (χ0n) is 16.0. The second kappa shape index (κ2) is 9.29. The fourth-order valence-electron chi connectivity index (χ4n) is 2.62. The van der Waals surface area contributed by atoms with E-state index in [-0.39, 0.29) is 12.4 Å². The lowest BCUT2D eigenvalue weighted by atomic mass is 10.1. The van der Waals surface area contributed by atoms with Crippen LogP contribution in [0.4, 0.5) is 4.39 Å². The van der Waals surface area contributed by atoms with Gasteiger partial charge in [0.25, 0.3) is 11.8 Å². The number of benzene rings is 2. The highest BCUT2D eigenvalue weighted by molar-refractivity contribution is 7.17. The molecule has 2 aromatic carbocycles. The van der Waals surface area contributed by atoms with Crippen molar-refractivity contribution in [3.05, 3.63) is 70.5 Å². The van der Waals surface area contributed by atoms with E-state index in [1.54, 1.807) is 25.1 Å². The van der Waals surface area contributed by atoms with Crippen LogP contribution in [-0.2, 0) is 11.2 Å². The minimum Gasteiger partial charge on any atom is -0.483 e. The summed E-state index contributed by atoms with van der Waals surface area (Å²) < 4.78 is 18.6. The number of hydrogen-bond donors (Lipinski definition) is 2. The average Bonchev–Trinajstić information content (AvgIpc) is 3.12. The first-order chi connectivity index (χ1) is 14.0. The van der Waals surface area contributed by atoms with E-state index < -0.39 is 11.8 Å². The molecule has 0 unspecified atom stereocenters. The summed E-state index contributed by atoms with van der Waals surface area (Å²) in [5.74, 6) is -0.661. The molecule has 6 nitrogen and oxygen atoms in total. The predicted octanol–water partition coefficient (Wildman–Crippen LogP) is 3.66. The van der Waals surface area contributed by atoms with Gasteiger partial charge in [0.1, 0.15) is 21.5 Å². The number of amides is 2. The molecule has 1 aromatic heterocycles. The summed E-state index contributed by atoms with van der Waals surface area (Å²) in [6.45, 7) is 3.48. The summed E-state index contributed by atoms with van der Waals surface area (Å²) in [6.07, 6.45) is 0.787. The largest absolute Gasteiger partial charge is 0.483 e. The van der Waals surface area contributed by atoms with Crippen molar-refractivity contribution in [3.8, 4) is 16.3 Å². The number of carbonyl (C=O) groups excluding carboxylic acids is 2. The van der Waals surface area contributed by atoms with Crippen LogP contribution in [0.1, 0.15) is 27.9 Å². The van der Waals surface area contributed by atoms with Crippen LogP contribution in [0.5, 0.6) is 5.75 Å². The molecule has 1 heterocycles. The molecule has 3 aromatic rings. The van der Waals surface area contributed by atoms with Crippen molar-refractivity contribution in [1.29, 1.82) is 0 Å². The van der Waals surface area contributed by atoms with Crippen LogP contribution in [0.2, 0.25) is 0 Å². The summed E-state index contributed by atoms with van der Waals surface area (Å²) in [4.78, 5) is 29.1. The van der Waals surface area contributed by atoms with E-state index in [1.807, 2.05) is 25.1 Å². The lowest BCUT2D eigenvalue weighted by Gasteiger charge is -2.10. The number of aromatic nitrogens is 1. The van der Waals surface area contributed by atoms with Gasteiger partial charge in [0.15, 0.2) is 6.61 Å². The zero-order chi connectivity index (χ0) is 20.8. The monoisotopic (exact) mass is 413 g/mol. The second-order valence-corrected chi connectivity index (χ2v) is 7.19. The Labute approximate surface area is 171 Å². The van der Waals surface area contributed by atoms with Gasteiger partial charge in [-0.15, -0.1) is 11.3 Å². The van der Waals surface area contributed by atoms with E-state index in [1.165, 1.54) is 23.5 Å². The number of thiazole rings is 1. The summed E-state index contributed by atoms with van der Waals surface area (Å²) in [6, 6.07) is 13.3. The van der Waals surface area contributed by atoms with Crippen molar-refractivity contribution in [2.75, 3.05) is 6.61 Å². The molecular formula is C21H20FN3O3S. The topological polar surface area (TPSA) is 80.3 Å². The number of hydrogen-bond acceptors (Lipinski definition) is 5. The zero-order valence-corrected chi connectivity index (χ0v) is 16.8. The van der Waals surface area contributed by atoms with E-state index >= 15 is 0 Å². The molecule has 0 fully saturated rings. The fourth-order valence-corrected chi connectivity index (χ4v) is 3.59. The molecule has 0 radical (unpaired) electrons. The SMILES string of the molecule is CCc1ccccc1OCC(=O)NNC(=O)c1sc(-c2ccc(F)cc2)nc1C. The number of aryl methyl sites for hydroxylation is 2. The van der Waals surface area contributed by atoms with Gasteiger partial charge >= 0.3 is 0 Å². The number of carbonyl (C=O) groups is 2. The maximum absolute atomic E-state index is 13.1. The van der Waals surface area contributed by atoms with Crippen LogP contribution in [0.25, 0.3) is 10.6 Å². The minimum absolute atomic E-state index is 0.222. The molecule has 0 aliphatic carbocycles. The van der Waals surface area contributed by atoms with Crippen molar-refractivity contribution in [2.24, 2.45) is 0 Å². The molecule has 0 saturated carbocycles. The number of hydrazine groups is 1. The number of halogens is 1. The Kier molecular flexibility index (Phi) is 6.56. The van der Waals surface area contributed by atoms with Crippen molar-refractivity contribution in [2.45, 2.75) is 20.3 Å². The Hall–Kier alpha value is -3.26. The quantitative estimate of drug-likeness (QED) is 0.605. The number of nitrogens with zero attached hydrogens (tertiary/aromatic N) is 1. The van der Waals surface area contributed by atoms with E-state index in [0.29, 0.717) is 26.9 Å². The van der Waals surface area contributed by atoms with Crippen LogP contribution < -0.4 is 15.6 Å². The molecule has 0 atom stereocenters. The Morgan fingerprint density at radius 1 is 1.10 bits per heavy atom. The van der Waals surface area contributed by atoms with Gasteiger partial charge < -0.3 is 4.74 Å². The highest BCUT2D eigenvalue weighted by Gasteiger charge is 2.17. The van der Waals surface area contributed by atoms with Gasteiger partial charge in [-0.3, -0.25) is 20.4 Å². The van der Waals surface area contributed by atoms with E-state index in [9.17, 15) is 14.0 Å². The molecule has 8 heteroatoms. The first kappa shape index (κ1) is 20.5. The first-order valence-corrected chi connectivity index (χ1v) is 9.82. The second-order valence-electron chi connectivity index (χ2n) is 6.19. The third kappa shape index (κ3) is 5.17. The highest BCUT2D eigenvalue weighted by Crippen LogP contribution is 2.27. The molecule has 29 heavy (non-hydrogen) atoms. The van der Waals surface area contributed by atoms with Crippen LogP contribution in [-0.4, -0.2) is 23.4 Å². The van der Waals surface area contributed by atoms with E-state index in [0.717, 1.165) is 12.0 Å². The van der Waals surface area contributed by atoms with Gasteiger partial charge in [-0.1, -0.05) is 25.1 Å². The van der Waals surface area contributed by atoms with Crippen LogP contribution in [0.3, 0.4) is 0 Å². The predicted molar refractivity (Wildman–Crippen MR) is 109 cm³/mol. The lowest BCUT2D eigenvalue weighted by Crippen LogP contribution is -2.43. The fraction of sp³-hybridized carbons (Fsp3) is 0.190. The number of nitrogens with one attached hydrogen (secondary N) is 2. The molecule has 0 bridgehead atoms. The smallest absolute Gasteiger partial charge is 0.281 e. The standard InChI is InChI=1S/C21H20FN3O3S/c1-3-14-6-4-5-7-17(14)28-12-18(26)24-25-20(27)19-13(2)23-21(29-19)15-8-10-16(22)11-9-15/h4-11H,3,12H2,1-2H3,(H,24,26)(H,25,27). The van der Waals surface area contributed by atoms with Crippen molar-refractivity contribution < 1.29 is 18.7 Å². The summed E-state index contributed by atoms with van der Waals surface area (Å²) in [5.41, 5.74) is 6.94. The molecule has 2 N–H and O–H groups in total. The van der Waals surface area contributed by atoms with Gasteiger partial charge in [0, 0.05) is 5.56 Å². The number of para-hydroxylation sites is 1. The third-order valence-electron chi connectivity index (χ3n) is 4.12. The molecular weight excluding hydrogens is 393 g/mol. The Morgan fingerprint density at radius 2 is 1.83 bits per heavy atom. The third-order valence-corrected chi connectivity index (χ3v) is 5.33. The average molecular weight is 413 g/mol. The maximum Gasteiger partial charge on any atom is 0.281 e. The Morgan fingerprint density at radius 3 is 2.55 bits per heavy atom. The molecule has 3 rings (SSSR count). The molecule has 0 aliphatic heterocycles. The number of rotatable bonds is 6. The van der Waals surface area contributed by atoms with Crippen LogP contribution in [0.15, 0.2) is 48.5 Å². The van der Waals surface area contributed by atoms with Crippen LogP contribution in [0, 0.1) is 12.7 Å². The van der Waals surface area contributed by atoms with E-state index in [4.69, 9.17) is 4.74 Å². The molecule has 2 amide bonds. The number of ether oxygens (including phenoxy) is 1. The van der Waals surface area contributed by atoms with Crippen molar-refractivity contribution >= 4 is 23.2 Å². The van der Waals surface area contributed by atoms with Gasteiger partial charge in [0.05, 0.1) is 5.69 Å². The minimum atomic E-state index is -0.481. The summed E-state index contributed by atoms with van der Waals surface area (Å²) in [7, 11) is 0. The molecule has 0 saturated heterocycles. The summed E-state index contributed by atoms with van der Waals surface area (Å²) >= 11 is 1.17. The summed E-state index contributed by atoms with van der Waals surface area (Å²) in [5, 5.41) is 0.596. The Bertz CT molecular complexity index is 1020. The van der Waals surface area contributed by atoms with Crippen LogP contribution >= 0.6 is 11.3 Å². The first-order valence-electron chi connectivity index (χ1n) is 9.01. The van der Waals surface area contributed by atoms with Gasteiger partial charge in [0.2, 0.25) is 0 Å². The van der Waals surface area contributed by atoms with Crippen molar-refractivity contribution in [1.82, 2.24) is 15.8 Å². The molecule has 0 aliphatic rings. The van der Waals surface area contributed by atoms with Gasteiger partial charge in [-0.2, -0.15) is 0 Å². The molecule has 150 valence electrons. The lowest BCUT2D eigenvalue weighted by molar-refractivity contribution is -0.123. The normalized spacial score (nSPS) is 10.4. The van der Waals surface area contributed by atoms with Gasteiger partial charge in [-0.25, -0.2) is 9.37 Å².